The summed E-state index contributed by atoms with van der Waals surface area (Å²) in [6, 6.07) is 8.08. The summed E-state index contributed by atoms with van der Waals surface area (Å²) in [5.41, 5.74) is 8.99. The summed E-state index contributed by atoms with van der Waals surface area (Å²) in [6.07, 6.45) is -7.65. The Morgan fingerprint density at radius 2 is 1.62 bits per heavy atom. The van der Waals surface area contributed by atoms with Crippen LogP contribution in [0.4, 0.5) is 33.7 Å². The van der Waals surface area contributed by atoms with Gasteiger partial charge in [0.05, 0.1) is 16.8 Å². The van der Waals surface area contributed by atoms with Crippen molar-refractivity contribution >= 4 is 29.2 Å². The van der Waals surface area contributed by atoms with Gasteiger partial charge >= 0.3 is 18.4 Å². The summed E-state index contributed by atoms with van der Waals surface area (Å²) in [6.45, 7) is 0. The van der Waals surface area contributed by atoms with E-state index in [0.29, 0.717) is 6.07 Å². The number of urea groups is 1. The maximum atomic E-state index is 14.0. The molecule has 4 amide bonds. The van der Waals surface area contributed by atoms with E-state index in [1.54, 1.807) is 0 Å². The molecule has 192 valence electrons. The first-order valence-corrected chi connectivity index (χ1v) is 10.1. The number of halogens is 4. The fourth-order valence-electron chi connectivity index (χ4n) is 3.21. The zero-order valence-corrected chi connectivity index (χ0v) is 18.3. The number of carbonyl (C=O) groups excluding carboxylic acids is 3. The van der Waals surface area contributed by atoms with Crippen molar-refractivity contribution in [3.05, 3.63) is 71.5 Å². The van der Waals surface area contributed by atoms with Crippen LogP contribution in [-0.2, 0) is 10.8 Å². The third kappa shape index (κ3) is 5.67. The van der Waals surface area contributed by atoms with E-state index in [-0.39, 0.29) is 34.1 Å². The van der Waals surface area contributed by atoms with Gasteiger partial charge < -0.3 is 31.6 Å². The number of hydrogen-bond acceptors (Lipinski definition) is 7. The van der Waals surface area contributed by atoms with Crippen LogP contribution in [-0.4, -0.2) is 29.1 Å². The minimum Gasteiger partial charge on any atom is -0.457 e. The molecule has 0 bridgehead atoms. The van der Waals surface area contributed by atoms with E-state index in [4.69, 9.17) is 16.2 Å². The Hall–Kier alpha value is -4.92. The first-order chi connectivity index (χ1) is 17.3. The average Bonchev–Trinajstić information content (AvgIpc) is 2.79. The van der Waals surface area contributed by atoms with Gasteiger partial charge in [-0.2, -0.15) is 8.78 Å². The molecular formula is C22H15F4N5O6. The number of hydrogen-bond donors (Lipinski definition) is 4. The van der Waals surface area contributed by atoms with Gasteiger partial charge in [-0.1, -0.05) is 0 Å². The monoisotopic (exact) mass is 521 g/mol. The normalized spacial score (nSPS) is 15.0. The lowest BCUT2D eigenvalue weighted by molar-refractivity contribution is -0.461. The Morgan fingerprint density at radius 3 is 2.32 bits per heavy atom. The minimum atomic E-state index is -4.54. The van der Waals surface area contributed by atoms with Crippen molar-refractivity contribution in [3.63, 3.8) is 0 Å². The number of benzene rings is 2. The lowest BCUT2D eigenvalue weighted by Gasteiger charge is -2.30. The highest BCUT2D eigenvalue weighted by Gasteiger charge is 2.54. The third-order valence-corrected chi connectivity index (χ3v) is 4.75. The lowest BCUT2D eigenvalue weighted by atomic mass is 10.1. The van der Waals surface area contributed by atoms with E-state index in [0.717, 1.165) is 12.1 Å². The fraction of sp³-hybridized carbons (Fsp3) is 0.0909. The average molecular weight is 521 g/mol. The maximum absolute atomic E-state index is 14.0. The number of alkyl halides is 4. The summed E-state index contributed by atoms with van der Waals surface area (Å²) in [5.74, 6) is -2.29. The standard InChI is InChI=1S/C22H15F4N5O6/c23-21(24)14-7-10(1-4-17(14)36-22(25,26)37-21)30-20(34)31-15-3-2-11(8-13(15)18(27)32)35-12-5-6-29-16(9-12)19(28)33/h1-9H,(H2,27,32)(H2,28,33)(H2,30,31,34). The second-order valence-corrected chi connectivity index (χ2v) is 7.39. The van der Waals surface area contributed by atoms with Crippen LogP contribution in [0.3, 0.4) is 0 Å². The predicted molar refractivity (Wildman–Crippen MR) is 117 cm³/mol. The first-order valence-electron chi connectivity index (χ1n) is 10.1. The van der Waals surface area contributed by atoms with Crippen LogP contribution in [0.15, 0.2) is 54.7 Å². The number of carbonyl (C=O) groups is 3. The van der Waals surface area contributed by atoms with Crippen LogP contribution in [0.2, 0.25) is 0 Å². The van der Waals surface area contributed by atoms with Crippen LogP contribution < -0.4 is 31.6 Å². The van der Waals surface area contributed by atoms with Crippen molar-refractivity contribution in [3.8, 4) is 17.2 Å². The van der Waals surface area contributed by atoms with Gasteiger partial charge in [-0.15, -0.1) is 8.78 Å². The summed E-state index contributed by atoms with van der Waals surface area (Å²) in [4.78, 5) is 39.4. The molecule has 0 saturated heterocycles. The molecule has 2 aromatic carbocycles. The van der Waals surface area contributed by atoms with Crippen LogP contribution in [0.5, 0.6) is 17.2 Å². The highest BCUT2D eigenvalue weighted by atomic mass is 19.3. The van der Waals surface area contributed by atoms with Crippen molar-refractivity contribution in [2.24, 2.45) is 11.5 Å². The SMILES string of the molecule is NC(=O)c1cc(Oc2ccc(NC(=O)Nc3ccc4c(c3)C(F)(F)OC(F)(F)O4)c(C(N)=O)c2)ccn1. The second kappa shape index (κ2) is 9.27. The van der Waals surface area contributed by atoms with Gasteiger partial charge in [-0.25, -0.2) is 9.53 Å². The number of fused-ring (bicyclic) bond motifs is 1. The van der Waals surface area contributed by atoms with Crippen LogP contribution >= 0.6 is 0 Å². The molecule has 1 aliphatic rings. The number of nitrogens with zero attached hydrogens (tertiary/aromatic N) is 1. The molecular weight excluding hydrogens is 506 g/mol. The van der Waals surface area contributed by atoms with Gasteiger partial charge in [0.15, 0.2) is 0 Å². The smallest absolute Gasteiger partial charge is 0.457 e. The molecule has 1 aromatic heterocycles. The van der Waals surface area contributed by atoms with Crippen LogP contribution in [0, 0.1) is 0 Å². The first kappa shape index (κ1) is 25.2. The summed E-state index contributed by atoms with van der Waals surface area (Å²) in [7, 11) is 0. The third-order valence-electron chi connectivity index (χ3n) is 4.75. The molecule has 0 aliphatic carbocycles. The van der Waals surface area contributed by atoms with Crippen molar-refractivity contribution in [2.45, 2.75) is 12.4 Å². The topological polar surface area (TPSA) is 168 Å². The number of aromatic nitrogens is 1. The van der Waals surface area contributed by atoms with E-state index in [1.807, 2.05) is 0 Å². The number of rotatable bonds is 6. The number of nitrogens with one attached hydrogen (secondary N) is 2. The number of primary amides is 2. The molecule has 0 fully saturated rings. The zero-order chi connectivity index (χ0) is 27.0. The number of pyridine rings is 1. The number of anilines is 2. The van der Waals surface area contributed by atoms with Crippen LogP contribution in [0.25, 0.3) is 0 Å². The number of amides is 4. The van der Waals surface area contributed by atoms with Crippen LogP contribution in [0.1, 0.15) is 26.4 Å². The Balaban J connectivity index is 1.50. The van der Waals surface area contributed by atoms with Gasteiger partial charge in [0.1, 0.15) is 22.9 Å². The Labute approximate surface area is 204 Å². The number of nitrogens with two attached hydrogens (primary N) is 2. The molecule has 0 spiro atoms. The largest absolute Gasteiger partial charge is 0.540 e. The predicted octanol–water partition coefficient (Wildman–Crippen LogP) is 3.72. The van der Waals surface area contributed by atoms with Gasteiger partial charge in [0.25, 0.3) is 11.8 Å². The quantitative estimate of drug-likeness (QED) is 0.359. The van der Waals surface area contributed by atoms with E-state index in [9.17, 15) is 31.9 Å². The molecule has 3 aromatic rings. The molecule has 15 heteroatoms. The summed E-state index contributed by atoms with van der Waals surface area (Å²) >= 11 is 0. The maximum Gasteiger partial charge on any atom is 0.540 e. The molecule has 1 aliphatic heterocycles. The molecule has 0 atom stereocenters. The summed E-state index contributed by atoms with van der Waals surface area (Å²) in [5, 5.41) is 4.54. The fourth-order valence-corrected chi connectivity index (χ4v) is 3.21. The van der Waals surface area contributed by atoms with E-state index in [2.05, 4.69) is 25.1 Å². The van der Waals surface area contributed by atoms with Gasteiger partial charge in [0.2, 0.25) is 0 Å². The Kier molecular flexibility index (Phi) is 6.31. The molecule has 0 unspecified atom stereocenters. The second-order valence-electron chi connectivity index (χ2n) is 7.39. The van der Waals surface area contributed by atoms with Gasteiger partial charge in [0, 0.05) is 18.0 Å². The molecule has 0 radical (unpaired) electrons. The van der Waals surface area contributed by atoms with Crippen molar-refractivity contribution in [2.75, 3.05) is 10.6 Å². The lowest BCUT2D eigenvalue weighted by Crippen LogP contribution is -2.41. The molecule has 2 heterocycles. The van der Waals surface area contributed by atoms with E-state index >= 15 is 0 Å². The highest BCUT2D eigenvalue weighted by molar-refractivity contribution is 6.06. The van der Waals surface area contributed by atoms with Crippen molar-refractivity contribution in [1.29, 1.82) is 0 Å². The molecule has 6 N–H and O–H groups in total. The minimum absolute atomic E-state index is 0.0608. The molecule has 37 heavy (non-hydrogen) atoms. The molecule has 4 rings (SSSR count). The van der Waals surface area contributed by atoms with E-state index in [1.165, 1.54) is 36.5 Å². The molecule has 0 saturated carbocycles. The highest BCUT2D eigenvalue weighted by Crippen LogP contribution is 2.46. The Bertz CT molecular complexity index is 1420. The van der Waals surface area contributed by atoms with Crippen molar-refractivity contribution in [1.82, 2.24) is 4.98 Å². The number of ether oxygens (including phenoxy) is 3. The Morgan fingerprint density at radius 1 is 0.892 bits per heavy atom. The van der Waals surface area contributed by atoms with Crippen molar-refractivity contribution < 1.29 is 46.2 Å². The van der Waals surface area contributed by atoms with E-state index < -0.39 is 41.6 Å². The zero-order valence-electron chi connectivity index (χ0n) is 18.3. The summed E-state index contributed by atoms with van der Waals surface area (Å²) < 4.78 is 67.2. The van der Waals surface area contributed by atoms with Gasteiger partial charge in [-0.05, 0) is 42.5 Å². The van der Waals surface area contributed by atoms with Gasteiger partial charge in [-0.3, -0.25) is 14.6 Å². The molecule has 11 nitrogen and oxygen atoms in total.